The Balaban J connectivity index is 2.48. The number of rotatable bonds is 2. The van der Waals surface area contributed by atoms with Gasteiger partial charge in [-0.15, -0.1) is 0 Å². The standard InChI is InChI=1S/C13H8F2O3/c14-10-4-2-7(5-11(10)15)8-1-3-9(13(17)18)12(16)6-8/h1-6,16H,(H,17,18). The van der Waals surface area contributed by atoms with Gasteiger partial charge in [0, 0.05) is 0 Å². The van der Waals surface area contributed by atoms with E-state index in [-0.39, 0.29) is 5.56 Å². The average molecular weight is 250 g/mol. The first-order chi connectivity index (χ1) is 8.49. The number of halogens is 2. The summed E-state index contributed by atoms with van der Waals surface area (Å²) in [4.78, 5) is 10.7. The summed E-state index contributed by atoms with van der Waals surface area (Å²) in [5, 5.41) is 18.2. The molecule has 0 aliphatic heterocycles. The van der Waals surface area contributed by atoms with Crippen LogP contribution in [-0.4, -0.2) is 16.2 Å². The van der Waals surface area contributed by atoms with E-state index in [1.165, 1.54) is 24.3 Å². The van der Waals surface area contributed by atoms with Gasteiger partial charge in [-0.2, -0.15) is 0 Å². The Labute approximate surface area is 101 Å². The minimum atomic E-state index is -1.26. The molecule has 0 radical (unpaired) electrons. The Bertz CT molecular complexity index is 624. The van der Waals surface area contributed by atoms with Gasteiger partial charge in [-0.3, -0.25) is 0 Å². The Hall–Kier alpha value is -2.43. The number of carboxylic acid groups (broad SMARTS) is 1. The van der Waals surface area contributed by atoms with Crippen molar-refractivity contribution in [1.82, 2.24) is 0 Å². The van der Waals surface area contributed by atoms with Crippen molar-refractivity contribution in [3.05, 3.63) is 53.6 Å². The third kappa shape index (κ3) is 2.15. The van der Waals surface area contributed by atoms with E-state index >= 15 is 0 Å². The van der Waals surface area contributed by atoms with E-state index in [1.807, 2.05) is 0 Å². The highest BCUT2D eigenvalue weighted by Gasteiger charge is 2.11. The van der Waals surface area contributed by atoms with Crippen molar-refractivity contribution in [2.24, 2.45) is 0 Å². The number of aromatic hydroxyl groups is 1. The molecule has 2 N–H and O–H groups in total. The minimum Gasteiger partial charge on any atom is -0.507 e. The molecule has 0 atom stereocenters. The first-order valence-electron chi connectivity index (χ1n) is 5.01. The molecule has 0 aromatic heterocycles. The molecular weight excluding hydrogens is 242 g/mol. The second-order valence-corrected chi connectivity index (χ2v) is 3.67. The van der Waals surface area contributed by atoms with Crippen molar-refractivity contribution >= 4 is 5.97 Å². The summed E-state index contributed by atoms with van der Waals surface area (Å²) in [7, 11) is 0. The zero-order valence-electron chi connectivity index (χ0n) is 9.02. The zero-order valence-corrected chi connectivity index (χ0v) is 9.02. The Morgan fingerprint density at radius 3 is 2.11 bits per heavy atom. The third-order valence-electron chi connectivity index (χ3n) is 2.48. The highest BCUT2D eigenvalue weighted by Crippen LogP contribution is 2.27. The van der Waals surface area contributed by atoms with Crippen molar-refractivity contribution < 1.29 is 23.8 Å². The molecule has 18 heavy (non-hydrogen) atoms. The van der Waals surface area contributed by atoms with E-state index in [0.29, 0.717) is 11.1 Å². The molecule has 3 nitrogen and oxygen atoms in total. The Morgan fingerprint density at radius 2 is 1.56 bits per heavy atom. The molecular formula is C13H8F2O3. The fourth-order valence-electron chi connectivity index (χ4n) is 1.57. The highest BCUT2D eigenvalue weighted by molar-refractivity contribution is 5.91. The lowest BCUT2D eigenvalue weighted by Gasteiger charge is -2.05. The first-order valence-corrected chi connectivity index (χ1v) is 5.01. The number of aromatic carboxylic acids is 1. The van der Waals surface area contributed by atoms with Gasteiger partial charge in [-0.1, -0.05) is 12.1 Å². The van der Waals surface area contributed by atoms with Crippen LogP contribution in [0.1, 0.15) is 10.4 Å². The SMILES string of the molecule is O=C(O)c1ccc(-c2ccc(F)c(F)c2)cc1O. The van der Waals surface area contributed by atoms with Gasteiger partial charge in [0.25, 0.3) is 0 Å². The molecule has 0 aliphatic rings. The Kier molecular flexibility index (Phi) is 2.97. The number of benzene rings is 2. The summed E-state index contributed by atoms with van der Waals surface area (Å²) in [6, 6.07) is 7.09. The van der Waals surface area contributed by atoms with Crippen molar-refractivity contribution in [3.8, 4) is 16.9 Å². The average Bonchev–Trinajstić information content (AvgIpc) is 2.32. The molecule has 0 saturated heterocycles. The fourth-order valence-corrected chi connectivity index (χ4v) is 1.57. The molecule has 5 heteroatoms. The second-order valence-electron chi connectivity index (χ2n) is 3.67. The first kappa shape index (κ1) is 12.0. The summed E-state index contributed by atoms with van der Waals surface area (Å²) >= 11 is 0. The number of phenols is 1. The van der Waals surface area contributed by atoms with Gasteiger partial charge in [0.2, 0.25) is 0 Å². The van der Waals surface area contributed by atoms with Crippen molar-refractivity contribution in [1.29, 1.82) is 0 Å². The van der Waals surface area contributed by atoms with Crippen LogP contribution in [0.5, 0.6) is 5.75 Å². The lowest BCUT2D eigenvalue weighted by molar-refractivity contribution is 0.0694. The van der Waals surface area contributed by atoms with Crippen LogP contribution >= 0.6 is 0 Å². The quantitative estimate of drug-likeness (QED) is 0.861. The molecule has 2 aromatic carbocycles. The van der Waals surface area contributed by atoms with Crippen LogP contribution in [0.15, 0.2) is 36.4 Å². The summed E-state index contributed by atoms with van der Waals surface area (Å²) in [6.45, 7) is 0. The van der Waals surface area contributed by atoms with E-state index in [9.17, 15) is 18.7 Å². The molecule has 0 bridgehead atoms. The van der Waals surface area contributed by atoms with Crippen LogP contribution in [0.3, 0.4) is 0 Å². The molecule has 0 heterocycles. The molecule has 0 aliphatic carbocycles. The van der Waals surface area contributed by atoms with Crippen LogP contribution in [0.4, 0.5) is 8.78 Å². The van der Waals surface area contributed by atoms with Crippen molar-refractivity contribution in [3.63, 3.8) is 0 Å². The summed E-state index contributed by atoms with van der Waals surface area (Å²) in [5.41, 5.74) is 0.499. The van der Waals surface area contributed by atoms with Crippen LogP contribution < -0.4 is 0 Å². The molecule has 0 amide bonds. The van der Waals surface area contributed by atoms with E-state index in [1.54, 1.807) is 0 Å². The van der Waals surface area contributed by atoms with Gasteiger partial charge in [-0.05, 0) is 35.4 Å². The summed E-state index contributed by atoms with van der Waals surface area (Å²) in [5.74, 6) is -3.66. The maximum atomic E-state index is 13.0. The van der Waals surface area contributed by atoms with E-state index in [4.69, 9.17) is 5.11 Å². The van der Waals surface area contributed by atoms with Crippen molar-refractivity contribution in [2.75, 3.05) is 0 Å². The smallest absolute Gasteiger partial charge is 0.339 e. The van der Waals surface area contributed by atoms with Gasteiger partial charge in [0.15, 0.2) is 11.6 Å². The lowest BCUT2D eigenvalue weighted by Crippen LogP contribution is -1.96. The monoisotopic (exact) mass is 250 g/mol. The van der Waals surface area contributed by atoms with Crippen LogP contribution in [0.25, 0.3) is 11.1 Å². The summed E-state index contributed by atoms with van der Waals surface area (Å²) in [6.07, 6.45) is 0. The van der Waals surface area contributed by atoms with Crippen LogP contribution in [-0.2, 0) is 0 Å². The largest absolute Gasteiger partial charge is 0.507 e. The van der Waals surface area contributed by atoms with Crippen LogP contribution in [0, 0.1) is 11.6 Å². The zero-order chi connectivity index (χ0) is 13.3. The van der Waals surface area contributed by atoms with Crippen molar-refractivity contribution in [2.45, 2.75) is 0 Å². The molecule has 0 unspecified atom stereocenters. The second kappa shape index (κ2) is 4.44. The summed E-state index contributed by atoms with van der Waals surface area (Å²) < 4.78 is 25.8. The number of hydrogen-bond acceptors (Lipinski definition) is 2. The molecule has 92 valence electrons. The highest BCUT2D eigenvalue weighted by atomic mass is 19.2. The molecule has 0 spiro atoms. The maximum Gasteiger partial charge on any atom is 0.339 e. The molecule has 2 aromatic rings. The topological polar surface area (TPSA) is 57.5 Å². The predicted molar refractivity (Wildman–Crippen MR) is 60.4 cm³/mol. The molecule has 0 saturated carbocycles. The number of hydrogen-bond donors (Lipinski definition) is 2. The minimum absolute atomic E-state index is 0.249. The Morgan fingerprint density at radius 1 is 0.944 bits per heavy atom. The fraction of sp³-hybridized carbons (Fsp3) is 0. The molecule has 2 rings (SSSR count). The number of carbonyl (C=O) groups is 1. The van der Waals surface area contributed by atoms with E-state index < -0.39 is 23.4 Å². The maximum absolute atomic E-state index is 13.0. The van der Waals surface area contributed by atoms with E-state index in [0.717, 1.165) is 12.1 Å². The van der Waals surface area contributed by atoms with Crippen LogP contribution in [0.2, 0.25) is 0 Å². The normalized spacial score (nSPS) is 10.3. The van der Waals surface area contributed by atoms with Gasteiger partial charge in [0.1, 0.15) is 11.3 Å². The molecule has 0 fully saturated rings. The van der Waals surface area contributed by atoms with E-state index in [2.05, 4.69) is 0 Å². The van der Waals surface area contributed by atoms with Gasteiger partial charge in [-0.25, -0.2) is 13.6 Å². The third-order valence-corrected chi connectivity index (χ3v) is 2.48. The number of carboxylic acids is 1. The van der Waals surface area contributed by atoms with Gasteiger partial charge < -0.3 is 10.2 Å². The van der Waals surface area contributed by atoms with Gasteiger partial charge in [0.05, 0.1) is 0 Å². The predicted octanol–water partition coefficient (Wildman–Crippen LogP) is 3.04. The lowest BCUT2D eigenvalue weighted by atomic mass is 10.0. The van der Waals surface area contributed by atoms with Gasteiger partial charge >= 0.3 is 5.97 Å².